The van der Waals surface area contributed by atoms with E-state index in [1.165, 1.54) is 6.08 Å². The Morgan fingerprint density at radius 1 is 1.41 bits per heavy atom. The number of nitrogens with one attached hydrogen (secondary N) is 2. The Morgan fingerprint density at radius 2 is 2.19 bits per heavy atom. The second-order valence-electron chi connectivity index (χ2n) is 8.09. The number of aryl methyl sites for hydroxylation is 1. The summed E-state index contributed by atoms with van der Waals surface area (Å²) in [6.07, 6.45) is 4.69. The zero-order valence-electron chi connectivity index (χ0n) is 18.1. The average Bonchev–Trinajstić information content (AvgIpc) is 3.04. The van der Waals surface area contributed by atoms with Crippen LogP contribution < -0.4 is 10.6 Å². The van der Waals surface area contributed by atoms with Gasteiger partial charge in [-0.05, 0) is 37.6 Å². The van der Waals surface area contributed by atoms with Gasteiger partial charge in [-0.2, -0.15) is 5.26 Å². The third-order valence-electron chi connectivity index (χ3n) is 5.64. The summed E-state index contributed by atoms with van der Waals surface area (Å²) in [4.78, 5) is 30.7. The molecule has 3 heterocycles. The fourth-order valence-electron chi connectivity index (χ4n) is 3.46. The molecule has 1 aliphatic rings. The van der Waals surface area contributed by atoms with E-state index in [9.17, 15) is 14.9 Å². The third kappa shape index (κ3) is 3.93. The van der Waals surface area contributed by atoms with Crippen LogP contribution in [0.25, 0.3) is 17.0 Å². The number of rotatable bonds is 4. The van der Waals surface area contributed by atoms with Crippen LogP contribution in [0.15, 0.2) is 47.0 Å². The zero-order chi connectivity index (χ0) is 22.9. The topological polar surface area (TPSA) is 111 Å². The standard InChI is InChI=1S/C24H23N5O3/c1-15-17-6-4-5-7-19(17)32-20(15)12-29(3)21(30)9-8-16-10-18-22(26-11-16)28-23(31)24(2,13-25)14-27-18/h4-11,27H,12,14H2,1-3H3,(H,26,28,31)/b9-8+/t24-/m0/s1. The number of furan rings is 1. The van der Waals surface area contributed by atoms with Crippen molar-refractivity contribution in [2.75, 3.05) is 24.2 Å². The lowest BCUT2D eigenvalue weighted by Crippen LogP contribution is -2.35. The van der Waals surface area contributed by atoms with Gasteiger partial charge in [0.25, 0.3) is 0 Å². The van der Waals surface area contributed by atoms with Crippen LogP contribution in [0, 0.1) is 23.7 Å². The maximum absolute atomic E-state index is 12.6. The van der Waals surface area contributed by atoms with Crippen molar-refractivity contribution in [3.63, 3.8) is 0 Å². The lowest BCUT2D eigenvalue weighted by atomic mass is 9.92. The lowest BCUT2D eigenvalue weighted by molar-refractivity contribution is -0.125. The first-order valence-corrected chi connectivity index (χ1v) is 10.2. The van der Waals surface area contributed by atoms with Crippen molar-refractivity contribution in [2.24, 2.45) is 5.41 Å². The molecule has 8 heteroatoms. The minimum Gasteiger partial charge on any atom is -0.459 e. The van der Waals surface area contributed by atoms with Crippen molar-refractivity contribution in [3.05, 3.63) is 59.5 Å². The minimum atomic E-state index is -1.19. The number of fused-ring (bicyclic) bond motifs is 2. The number of nitrogens with zero attached hydrogens (tertiary/aromatic N) is 3. The van der Waals surface area contributed by atoms with Gasteiger partial charge in [-0.3, -0.25) is 9.59 Å². The number of nitriles is 1. The quantitative estimate of drug-likeness (QED) is 0.612. The van der Waals surface area contributed by atoms with E-state index in [0.717, 1.165) is 22.3 Å². The third-order valence-corrected chi connectivity index (χ3v) is 5.64. The van der Waals surface area contributed by atoms with Gasteiger partial charge in [-0.25, -0.2) is 4.98 Å². The molecule has 0 saturated heterocycles. The molecule has 8 nitrogen and oxygen atoms in total. The van der Waals surface area contributed by atoms with Gasteiger partial charge in [0.15, 0.2) is 11.2 Å². The number of benzene rings is 1. The van der Waals surface area contributed by atoms with E-state index in [4.69, 9.17) is 4.42 Å². The Kier molecular flexibility index (Phi) is 5.41. The number of pyridine rings is 1. The molecule has 0 bridgehead atoms. The highest BCUT2D eigenvalue weighted by Gasteiger charge is 2.36. The van der Waals surface area contributed by atoms with Gasteiger partial charge in [0.2, 0.25) is 11.8 Å². The van der Waals surface area contributed by atoms with E-state index >= 15 is 0 Å². The molecular weight excluding hydrogens is 406 g/mol. The molecule has 4 rings (SSSR count). The summed E-state index contributed by atoms with van der Waals surface area (Å²) in [6, 6.07) is 11.6. The van der Waals surface area contributed by atoms with Crippen molar-refractivity contribution in [3.8, 4) is 6.07 Å². The number of amides is 2. The Morgan fingerprint density at radius 3 is 2.94 bits per heavy atom. The summed E-state index contributed by atoms with van der Waals surface area (Å²) in [5, 5.41) is 16.1. The normalized spacial score (nSPS) is 17.9. The molecule has 32 heavy (non-hydrogen) atoms. The molecule has 162 valence electrons. The first-order chi connectivity index (χ1) is 15.3. The molecule has 1 aromatic carbocycles. The van der Waals surface area contributed by atoms with Crippen LogP contribution in [0.3, 0.4) is 0 Å². The van der Waals surface area contributed by atoms with Gasteiger partial charge in [0, 0.05) is 36.8 Å². The Hall–Kier alpha value is -4.12. The van der Waals surface area contributed by atoms with Gasteiger partial charge >= 0.3 is 0 Å². The van der Waals surface area contributed by atoms with Gasteiger partial charge < -0.3 is 20.0 Å². The van der Waals surface area contributed by atoms with Crippen molar-refractivity contribution in [1.29, 1.82) is 5.26 Å². The number of aromatic nitrogens is 1. The number of carbonyl (C=O) groups excluding carboxylic acids is 2. The molecule has 3 aromatic rings. The molecule has 2 aromatic heterocycles. The van der Waals surface area contributed by atoms with Gasteiger partial charge in [0.1, 0.15) is 11.3 Å². The van der Waals surface area contributed by atoms with E-state index in [0.29, 0.717) is 23.6 Å². The van der Waals surface area contributed by atoms with E-state index in [2.05, 4.69) is 15.6 Å². The predicted molar refractivity (Wildman–Crippen MR) is 122 cm³/mol. The summed E-state index contributed by atoms with van der Waals surface area (Å²) in [6.45, 7) is 4.07. The highest BCUT2D eigenvalue weighted by atomic mass is 16.3. The second kappa shape index (κ2) is 8.19. The number of anilines is 2. The molecule has 0 radical (unpaired) electrons. The average molecular weight is 429 g/mol. The molecular formula is C24H23N5O3. The number of carbonyl (C=O) groups is 2. The van der Waals surface area contributed by atoms with Gasteiger partial charge in [-0.15, -0.1) is 0 Å². The Balaban J connectivity index is 1.46. The summed E-state index contributed by atoms with van der Waals surface area (Å²) < 4.78 is 5.90. The van der Waals surface area contributed by atoms with Crippen molar-refractivity contribution >= 4 is 40.4 Å². The molecule has 1 aliphatic heterocycles. The van der Waals surface area contributed by atoms with E-state index in [1.54, 1.807) is 37.2 Å². The predicted octanol–water partition coefficient (Wildman–Crippen LogP) is 3.70. The summed E-state index contributed by atoms with van der Waals surface area (Å²) in [5.74, 6) is 0.524. The molecule has 2 amide bonds. The van der Waals surface area contributed by atoms with E-state index in [1.807, 2.05) is 37.3 Å². The minimum absolute atomic E-state index is 0.162. The van der Waals surface area contributed by atoms with Crippen LogP contribution in [0.4, 0.5) is 11.5 Å². The van der Waals surface area contributed by atoms with Gasteiger partial charge in [-0.1, -0.05) is 18.2 Å². The molecule has 0 aliphatic carbocycles. The summed E-state index contributed by atoms with van der Waals surface area (Å²) in [5.41, 5.74) is 1.92. The van der Waals surface area contributed by atoms with Crippen molar-refractivity contribution < 1.29 is 14.0 Å². The largest absolute Gasteiger partial charge is 0.459 e. The monoisotopic (exact) mass is 429 g/mol. The smallest absolute Gasteiger partial charge is 0.247 e. The molecule has 0 saturated carbocycles. The molecule has 0 spiro atoms. The summed E-state index contributed by atoms with van der Waals surface area (Å²) in [7, 11) is 1.72. The molecule has 0 unspecified atom stereocenters. The van der Waals surface area contributed by atoms with Crippen molar-refractivity contribution in [2.45, 2.75) is 20.4 Å². The molecule has 2 N–H and O–H groups in total. The van der Waals surface area contributed by atoms with Crippen LogP contribution in [0.5, 0.6) is 0 Å². The summed E-state index contributed by atoms with van der Waals surface area (Å²) >= 11 is 0. The SMILES string of the molecule is Cc1c(CN(C)C(=O)/C=C/c2cnc3c(c2)NC[C@](C)(C#N)C(=O)N3)oc2ccccc12. The first kappa shape index (κ1) is 21.1. The molecule has 0 fully saturated rings. The van der Waals surface area contributed by atoms with E-state index in [-0.39, 0.29) is 12.5 Å². The van der Waals surface area contributed by atoms with Crippen LogP contribution in [-0.2, 0) is 16.1 Å². The molecule has 1 atom stereocenters. The number of para-hydroxylation sites is 1. The number of likely N-dealkylation sites (N-methyl/N-ethyl adjacent to an activating group) is 1. The van der Waals surface area contributed by atoms with Gasteiger partial charge in [0.05, 0.1) is 18.3 Å². The maximum Gasteiger partial charge on any atom is 0.247 e. The Labute approximate surface area is 185 Å². The fourth-order valence-corrected chi connectivity index (χ4v) is 3.46. The number of hydrogen-bond donors (Lipinski definition) is 2. The van der Waals surface area contributed by atoms with Crippen LogP contribution >= 0.6 is 0 Å². The van der Waals surface area contributed by atoms with E-state index < -0.39 is 11.3 Å². The van der Waals surface area contributed by atoms with Crippen LogP contribution in [0.2, 0.25) is 0 Å². The first-order valence-electron chi connectivity index (χ1n) is 10.2. The fraction of sp³-hybridized carbons (Fsp3) is 0.250. The highest BCUT2D eigenvalue weighted by molar-refractivity contribution is 6.00. The maximum atomic E-state index is 12.6. The van der Waals surface area contributed by atoms with Crippen LogP contribution in [0.1, 0.15) is 23.8 Å². The highest BCUT2D eigenvalue weighted by Crippen LogP contribution is 2.29. The number of hydrogen-bond acceptors (Lipinski definition) is 6. The Bertz CT molecular complexity index is 1290. The second-order valence-corrected chi connectivity index (χ2v) is 8.09. The zero-order valence-corrected chi connectivity index (χ0v) is 18.1. The lowest BCUT2D eigenvalue weighted by Gasteiger charge is -2.16. The van der Waals surface area contributed by atoms with Crippen LogP contribution in [-0.4, -0.2) is 35.3 Å². The van der Waals surface area contributed by atoms with Crippen molar-refractivity contribution in [1.82, 2.24) is 9.88 Å².